The van der Waals surface area contributed by atoms with Crippen molar-refractivity contribution in [2.24, 2.45) is 9.98 Å². The van der Waals surface area contributed by atoms with E-state index >= 15 is 0 Å². The molecule has 1 unspecified atom stereocenters. The number of nitrogens with zero attached hydrogens (tertiary/aromatic N) is 3. The zero-order valence-corrected chi connectivity index (χ0v) is 13.1. The van der Waals surface area contributed by atoms with E-state index in [1.807, 2.05) is 36.2 Å². The smallest absolute Gasteiger partial charge is 0.170 e. The van der Waals surface area contributed by atoms with Gasteiger partial charge in [-0.25, -0.2) is 4.99 Å². The first-order valence-electron chi connectivity index (χ1n) is 6.56. The van der Waals surface area contributed by atoms with Crippen LogP contribution in [0.3, 0.4) is 0 Å². The molecule has 0 bridgehead atoms. The SMILES string of the molecule is CN=C1C(C)SC(=Nc2ccccc2CC(C)=O)N1C. The molecule has 2 rings (SSSR count). The Kier molecular flexibility index (Phi) is 4.60. The number of carbonyl (C=O) groups excluding carboxylic acids is 1. The van der Waals surface area contributed by atoms with Gasteiger partial charge in [-0.3, -0.25) is 9.79 Å². The molecular formula is C15H19N3OS. The van der Waals surface area contributed by atoms with Gasteiger partial charge in [0.1, 0.15) is 11.6 Å². The lowest BCUT2D eigenvalue weighted by Gasteiger charge is -2.12. The minimum Gasteiger partial charge on any atom is -0.311 e. The fourth-order valence-corrected chi connectivity index (χ4v) is 3.32. The molecule has 0 saturated carbocycles. The molecular weight excluding hydrogens is 270 g/mol. The summed E-state index contributed by atoms with van der Waals surface area (Å²) in [5, 5.41) is 1.23. The highest BCUT2D eigenvalue weighted by molar-refractivity contribution is 8.15. The van der Waals surface area contributed by atoms with Crippen molar-refractivity contribution in [3.05, 3.63) is 29.8 Å². The Morgan fingerprint density at radius 3 is 2.70 bits per heavy atom. The van der Waals surface area contributed by atoms with Gasteiger partial charge >= 0.3 is 0 Å². The minimum atomic E-state index is 0.147. The zero-order chi connectivity index (χ0) is 14.7. The summed E-state index contributed by atoms with van der Waals surface area (Å²) in [6, 6.07) is 7.79. The summed E-state index contributed by atoms with van der Waals surface area (Å²) < 4.78 is 0. The maximum absolute atomic E-state index is 11.3. The molecule has 1 aliphatic rings. The number of aliphatic imine (C=N–C) groups is 2. The van der Waals surface area contributed by atoms with Crippen LogP contribution >= 0.6 is 11.8 Å². The third-order valence-electron chi connectivity index (χ3n) is 3.15. The molecule has 0 N–H and O–H groups in total. The van der Waals surface area contributed by atoms with Crippen molar-refractivity contribution in [1.82, 2.24) is 4.90 Å². The largest absolute Gasteiger partial charge is 0.311 e. The first kappa shape index (κ1) is 14.8. The first-order chi connectivity index (χ1) is 9.52. The van der Waals surface area contributed by atoms with Crippen molar-refractivity contribution in [2.75, 3.05) is 14.1 Å². The van der Waals surface area contributed by atoms with Crippen molar-refractivity contribution < 1.29 is 4.79 Å². The van der Waals surface area contributed by atoms with E-state index < -0.39 is 0 Å². The number of amidine groups is 2. The Hall–Kier alpha value is -1.62. The molecule has 1 aliphatic heterocycles. The lowest BCUT2D eigenvalue weighted by molar-refractivity contribution is -0.116. The second kappa shape index (κ2) is 6.22. The third kappa shape index (κ3) is 3.10. The van der Waals surface area contributed by atoms with Crippen LogP contribution in [0.2, 0.25) is 0 Å². The Morgan fingerprint density at radius 2 is 2.10 bits per heavy atom. The van der Waals surface area contributed by atoms with E-state index in [1.54, 1.807) is 25.7 Å². The maximum atomic E-state index is 11.3. The number of carbonyl (C=O) groups is 1. The average molecular weight is 289 g/mol. The van der Waals surface area contributed by atoms with Gasteiger partial charge in [0.25, 0.3) is 0 Å². The van der Waals surface area contributed by atoms with Crippen LogP contribution in [-0.2, 0) is 11.2 Å². The van der Waals surface area contributed by atoms with Crippen LogP contribution in [0.4, 0.5) is 5.69 Å². The van der Waals surface area contributed by atoms with Gasteiger partial charge in [0.2, 0.25) is 0 Å². The monoisotopic (exact) mass is 289 g/mol. The molecule has 1 heterocycles. The Labute approximate surface area is 124 Å². The lowest BCUT2D eigenvalue weighted by atomic mass is 10.1. The molecule has 1 aromatic carbocycles. The van der Waals surface area contributed by atoms with Gasteiger partial charge in [-0.1, -0.05) is 30.0 Å². The zero-order valence-electron chi connectivity index (χ0n) is 12.3. The van der Waals surface area contributed by atoms with Crippen LogP contribution in [0.1, 0.15) is 19.4 Å². The molecule has 20 heavy (non-hydrogen) atoms. The van der Waals surface area contributed by atoms with E-state index in [1.165, 1.54) is 0 Å². The molecule has 0 radical (unpaired) electrons. The molecule has 0 aromatic heterocycles. The fourth-order valence-electron chi connectivity index (χ4n) is 2.23. The van der Waals surface area contributed by atoms with Crippen molar-refractivity contribution >= 4 is 34.2 Å². The summed E-state index contributed by atoms with van der Waals surface area (Å²) in [4.78, 5) is 22.4. The van der Waals surface area contributed by atoms with Gasteiger partial charge in [-0.15, -0.1) is 0 Å². The number of thioether (sulfide) groups is 1. The van der Waals surface area contributed by atoms with Gasteiger partial charge < -0.3 is 4.90 Å². The number of hydrogen-bond donors (Lipinski definition) is 0. The van der Waals surface area contributed by atoms with Gasteiger partial charge in [-0.05, 0) is 25.5 Å². The molecule has 1 atom stereocenters. The first-order valence-corrected chi connectivity index (χ1v) is 7.44. The normalized spacial score (nSPS) is 22.8. The summed E-state index contributed by atoms with van der Waals surface area (Å²) in [6.45, 7) is 3.72. The highest BCUT2D eigenvalue weighted by atomic mass is 32.2. The Bertz CT molecular complexity index is 580. The van der Waals surface area contributed by atoms with Crippen molar-refractivity contribution in [2.45, 2.75) is 25.5 Å². The number of benzene rings is 1. The van der Waals surface area contributed by atoms with Crippen LogP contribution in [0.15, 0.2) is 34.3 Å². The molecule has 4 nitrogen and oxygen atoms in total. The molecule has 5 heteroatoms. The molecule has 1 aromatic rings. The summed E-state index contributed by atoms with van der Waals surface area (Å²) in [7, 11) is 3.78. The van der Waals surface area contributed by atoms with Crippen molar-refractivity contribution in [3.8, 4) is 0 Å². The van der Waals surface area contributed by atoms with E-state index in [0.29, 0.717) is 11.7 Å². The summed E-state index contributed by atoms with van der Waals surface area (Å²) in [5.74, 6) is 1.17. The molecule has 0 aliphatic carbocycles. The Morgan fingerprint density at radius 1 is 1.40 bits per heavy atom. The second-order valence-electron chi connectivity index (χ2n) is 4.80. The molecule has 0 amide bonds. The summed E-state index contributed by atoms with van der Waals surface area (Å²) >= 11 is 1.69. The maximum Gasteiger partial charge on any atom is 0.170 e. The van der Waals surface area contributed by atoms with E-state index in [2.05, 4.69) is 11.9 Å². The standard InChI is InChI=1S/C15H19N3OS/c1-10(19)9-12-7-5-6-8-13(12)17-15-18(4)14(16-3)11(2)20-15/h5-8,11H,9H2,1-4H3. The second-order valence-corrected chi connectivity index (χ2v) is 6.11. The predicted octanol–water partition coefficient (Wildman–Crippen LogP) is 2.90. The summed E-state index contributed by atoms with van der Waals surface area (Å²) in [5.41, 5.74) is 1.83. The van der Waals surface area contributed by atoms with Gasteiger partial charge in [-0.2, -0.15) is 0 Å². The highest BCUT2D eigenvalue weighted by Crippen LogP contribution is 2.30. The average Bonchev–Trinajstić information content (AvgIpc) is 2.66. The van der Waals surface area contributed by atoms with Crippen LogP contribution in [0, 0.1) is 0 Å². The number of ketones is 1. The Balaban J connectivity index is 2.34. The van der Waals surface area contributed by atoms with E-state index in [-0.39, 0.29) is 5.78 Å². The third-order valence-corrected chi connectivity index (χ3v) is 4.29. The van der Waals surface area contributed by atoms with Gasteiger partial charge in [0.05, 0.1) is 10.9 Å². The topological polar surface area (TPSA) is 45.0 Å². The predicted molar refractivity (Wildman–Crippen MR) is 86.1 cm³/mol. The highest BCUT2D eigenvalue weighted by Gasteiger charge is 2.29. The number of hydrogen-bond acceptors (Lipinski definition) is 4. The van der Waals surface area contributed by atoms with Gasteiger partial charge in [0.15, 0.2) is 5.17 Å². The number of Topliss-reactive ketones (excluding diaryl/α,β-unsaturated/α-hetero) is 1. The van der Waals surface area contributed by atoms with Crippen LogP contribution in [-0.4, -0.2) is 41.0 Å². The van der Waals surface area contributed by atoms with Crippen LogP contribution < -0.4 is 0 Å². The summed E-state index contributed by atoms with van der Waals surface area (Å²) in [6.07, 6.45) is 0.422. The van der Waals surface area contributed by atoms with E-state index in [4.69, 9.17) is 4.99 Å². The van der Waals surface area contributed by atoms with E-state index in [9.17, 15) is 4.79 Å². The minimum absolute atomic E-state index is 0.147. The molecule has 106 valence electrons. The van der Waals surface area contributed by atoms with E-state index in [0.717, 1.165) is 22.3 Å². The van der Waals surface area contributed by atoms with Crippen molar-refractivity contribution in [3.63, 3.8) is 0 Å². The lowest BCUT2D eigenvalue weighted by Crippen LogP contribution is -2.27. The fraction of sp³-hybridized carbons (Fsp3) is 0.400. The van der Waals surface area contributed by atoms with Gasteiger partial charge in [0, 0.05) is 20.5 Å². The van der Waals surface area contributed by atoms with Crippen LogP contribution in [0.5, 0.6) is 0 Å². The molecule has 1 saturated heterocycles. The number of rotatable bonds is 3. The van der Waals surface area contributed by atoms with Crippen molar-refractivity contribution in [1.29, 1.82) is 0 Å². The molecule has 0 spiro atoms. The molecule has 1 fully saturated rings. The van der Waals surface area contributed by atoms with Crippen LogP contribution in [0.25, 0.3) is 0 Å². The quantitative estimate of drug-likeness (QED) is 0.859. The number of para-hydroxylation sites is 1.